The Morgan fingerprint density at radius 3 is 2.94 bits per heavy atom. The Morgan fingerprint density at radius 1 is 1.19 bits per heavy atom. The number of rotatable bonds is 1. The minimum atomic E-state index is 0.416. The summed E-state index contributed by atoms with van der Waals surface area (Å²) in [4.78, 5) is 0. The Kier molecular flexibility index (Phi) is 2.60. The molecular weight excluding hydrogens is 198 g/mol. The maximum absolute atomic E-state index is 9.52. The number of hydrogen-bond donors (Lipinski definition) is 2. The number of benzene rings is 1. The summed E-state index contributed by atoms with van der Waals surface area (Å²) in [5.41, 5.74) is 2.80. The Morgan fingerprint density at radius 2 is 2.12 bits per heavy atom. The fourth-order valence-corrected chi connectivity index (χ4v) is 3.23. The first-order chi connectivity index (χ1) is 7.83. The predicted octanol–water partition coefficient (Wildman–Crippen LogP) is 2.25. The molecule has 1 fully saturated rings. The van der Waals surface area contributed by atoms with Crippen LogP contribution in [0.2, 0.25) is 0 Å². The molecule has 0 saturated carbocycles. The smallest absolute Gasteiger partial charge is 0.115 e. The number of aromatic hydroxyl groups is 1. The van der Waals surface area contributed by atoms with Crippen LogP contribution in [0.1, 0.15) is 30.4 Å². The minimum absolute atomic E-state index is 0.416. The van der Waals surface area contributed by atoms with E-state index in [-0.39, 0.29) is 0 Å². The number of fused-ring (bicyclic) bond motifs is 1. The Labute approximate surface area is 96.7 Å². The van der Waals surface area contributed by atoms with E-state index in [1.54, 1.807) is 0 Å². The Bertz CT molecular complexity index is 382. The standard InChI is InChI=1S/C14H19NO/c16-13-6-5-10-3-4-11(8-12(10)9-13)14-2-1-7-15-14/h5-6,9,11,14-16H,1-4,7-8H2. The summed E-state index contributed by atoms with van der Waals surface area (Å²) in [5, 5.41) is 13.1. The van der Waals surface area contributed by atoms with Crippen LogP contribution in [0, 0.1) is 5.92 Å². The lowest BCUT2D eigenvalue weighted by Crippen LogP contribution is -2.34. The zero-order chi connectivity index (χ0) is 11.0. The second-order valence-electron chi connectivity index (χ2n) is 5.16. The third-order valence-electron chi connectivity index (χ3n) is 4.12. The number of nitrogens with one attached hydrogen (secondary N) is 1. The summed E-state index contributed by atoms with van der Waals surface area (Å²) in [6.45, 7) is 1.19. The SMILES string of the molecule is Oc1ccc2c(c1)CC(C1CCCN1)CC2. The number of phenolic OH excluding ortho intramolecular Hbond substituents is 1. The van der Waals surface area contributed by atoms with Crippen LogP contribution in [-0.2, 0) is 12.8 Å². The summed E-state index contributed by atoms with van der Waals surface area (Å²) in [7, 11) is 0. The predicted molar refractivity (Wildman–Crippen MR) is 64.6 cm³/mol. The van der Waals surface area contributed by atoms with Crippen LogP contribution in [0.5, 0.6) is 5.75 Å². The Hall–Kier alpha value is -1.02. The zero-order valence-electron chi connectivity index (χ0n) is 9.58. The fourth-order valence-electron chi connectivity index (χ4n) is 3.23. The highest BCUT2D eigenvalue weighted by atomic mass is 16.3. The molecule has 0 amide bonds. The van der Waals surface area contributed by atoms with Gasteiger partial charge in [0.25, 0.3) is 0 Å². The Balaban J connectivity index is 1.79. The van der Waals surface area contributed by atoms with Crippen LogP contribution in [-0.4, -0.2) is 17.7 Å². The first-order valence-corrected chi connectivity index (χ1v) is 6.37. The van der Waals surface area contributed by atoms with E-state index in [9.17, 15) is 5.11 Å². The molecule has 16 heavy (non-hydrogen) atoms. The molecule has 3 rings (SSSR count). The molecule has 1 aromatic rings. The molecule has 2 heteroatoms. The van der Waals surface area contributed by atoms with E-state index in [0.29, 0.717) is 5.75 Å². The van der Waals surface area contributed by atoms with Gasteiger partial charge in [0, 0.05) is 6.04 Å². The quantitative estimate of drug-likeness (QED) is 0.756. The largest absolute Gasteiger partial charge is 0.508 e. The van der Waals surface area contributed by atoms with Crippen LogP contribution in [0.3, 0.4) is 0 Å². The van der Waals surface area contributed by atoms with E-state index in [0.717, 1.165) is 18.4 Å². The molecule has 2 N–H and O–H groups in total. The van der Waals surface area contributed by atoms with Gasteiger partial charge in [-0.15, -0.1) is 0 Å². The summed E-state index contributed by atoms with van der Waals surface area (Å²) < 4.78 is 0. The second kappa shape index (κ2) is 4.10. The molecule has 86 valence electrons. The van der Waals surface area contributed by atoms with Crippen molar-refractivity contribution in [2.45, 2.75) is 38.1 Å². The average molecular weight is 217 g/mol. The van der Waals surface area contributed by atoms with Crippen molar-refractivity contribution in [2.24, 2.45) is 5.92 Å². The van der Waals surface area contributed by atoms with Crippen LogP contribution < -0.4 is 5.32 Å². The lowest BCUT2D eigenvalue weighted by molar-refractivity contribution is 0.348. The van der Waals surface area contributed by atoms with Gasteiger partial charge in [-0.3, -0.25) is 0 Å². The molecular formula is C14H19NO. The summed E-state index contributed by atoms with van der Waals surface area (Å²) in [6.07, 6.45) is 6.28. The highest BCUT2D eigenvalue weighted by molar-refractivity contribution is 5.36. The van der Waals surface area contributed by atoms with E-state index >= 15 is 0 Å². The van der Waals surface area contributed by atoms with Gasteiger partial charge in [0.2, 0.25) is 0 Å². The molecule has 2 nitrogen and oxygen atoms in total. The van der Waals surface area contributed by atoms with Crippen molar-refractivity contribution in [1.82, 2.24) is 5.32 Å². The summed E-state index contributed by atoms with van der Waals surface area (Å²) in [6, 6.07) is 6.57. The zero-order valence-corrected chi connectivity index (χ0v) is 9.58. The number of phenols is 1. The average Bonchev–Trinajstić information content (AvgIpc) is 2.81. The van der Waals surface area contributed by atoms with Crippen LogP contribution in [0.15, 0.2) is 18.2 Å². The maximum atomic E-state index is 9.52. The lowest BCUT2D eigenvalue weighted by Gasteiger charge is -2.29. The molecule has 0 bridgehead atoms. The van der Waals surface area contributed by atoms with Gasteiger partial charge < -0.3 is 10.4 Å². The van der Waals surface area contributed by atoms with E-state index in [4.69, 9.17) is 0 Å². The van der Waals surface area contributed by atoms with E-state index in [2.05, 4.69) is 11.4 Å². The van der Waals surface area contributed by atoms with E-state index in [1.807, 2.05) is 12.1 Å². The molecule has 1 aliphatic heterocycles. The third kappa shape index (κ3) is 1.82. The number of aryl methyl sites for hydroxylation is 1. The molecule has 2 unspecified atom stereocenters. The van der Waals surface area contributed by atoms with Gasteiger partial charge in [-0.25, -0.2) is 0 Å². The maximum Gasteiger partial charge on any atom is 0.115 e. The monoisotopic (exact) mass is 217 g/mol. The van der Waals surface area contributed by atoms with Crippen LogP contribution in [0.25, 0.3) is 0 Å². The summed E-state index contributed by atoms with van der Waals surface area (Å²) in [5.74, 6) is 1.19. The molecule has 0 spiro atoms. The van der Waals surface area contributed by atoms with Gasteiger partial charge >= 0.3 is 0 Å². The summed E-state index contributed by atoms with van der Waals surface area (Å²) >= 11 is 0. The molecule has 1 aromatic carbocycles. The molecule has 0 radical (unpaired) electrons. The first kappa shape index (κ1) is 10.2. The van der Waals surface area contributed by atoms with Crippen molar-refractivity contribution in [1.29, 1.82) is 0 Å². The number of hydrogen-bond acceptors (Lipinski definition) is 2. The molecule has 0 aromatic heterocycles. The van der Waals surface area contributed by atoms with Gasteiger partial charge in [-0.1, -0.05) is 6.07 Å². The minimum Gasteiger partial charge on any atom is -0.508 e. The topological polar surface area (TPSA) is 32.3 Å². The van der Waals surface area contributed by atoms with Crippen molar-refractivity contribution >= 4 is 0 Å². The van der Waals surface area contributed by atoms with Crippen molar-refractivity contribution in [3.8, 4) is 5.75 Å². The van der Waals surface area contributed by atoms with Crippen molar-refractivity contribution < 1.29 is 5.11 Å². The molecule has 1 aliphatic carbocycles. The highest BCUT2D eigenvalue weighted by Crippen LogP contribution is 2.32. The van der Waals surface area contributed by atoms with Gasteiger partial charge in [0.1, 0.15) is 5.75 Å². The van der Waals surface area contributed by atoms with E-state index in [1.165, 1.54) is 43.4 Å². The van der Waals surface area contributed by atoms with Gasteiger partial charge in [0.15, 0.2) is 0 Å². The third-order valence-corrected chi connectivity index (χ3v) is 4.12. The van der Waals surface area contributed by atoms with Gasteiger partial charge in [0.05, 0.1) is 0 Å². The molecule has 2 atom stereocenters. The fraction of sp³-hybridized carbons (Fsp3) is 0.571. The normalized spacial score (nSPS) is 29.0. The van der Waals surface area contributed by atoms with Crippen LogP contribution >= 0.6 is 0 Å². The molecule has 1 heterocycles. The van der Waals surface area contributed by atoms with Gasteiger partial charge in [-0.05, 0) is 67.8 Å². The van der Waals surface area contributed by atoms with E-state index < -0.39 is 0 Å². The second-order valence-corrected chi connectivity index (χ2v) is 5.16. The van der Waals surface area contributed by atoms with Crippen molar-refractivity contribution in [3.05, 3.63) is 29.3 Å². The van der Waals surface area contributed by atoms with Crippen LogP contribution in [0.4, 0.5) is 0 Å². The lowest BCUT2D eigenvalue weighted by atomic mass is 9.79. The highest BCUT2D eigenvalue weighted by Gasteiger charge is 2.28. The molecule has 1 saturated heterocycles. The first-order valence-electron chi connectivity index (χ1n) is 6.37. The molecule has 2 aliphatic rings. The van der Waals surface area contributed by atoms with Crippen molar-refractivity contribution in [2.75, 3.05) is 6.54 Å². The van der Waals surface area contributed by atoms with Crippen molar-refractivity contribution in [3.63, 3.8) is 0 Å². The van der Waals surface area contributed by atoms with Gasteiger partial charge in [-0.2, -0.15) is 0 Å².